The first kappa shape index (κ1) is 17.7. The monoisotopic (exact) mass is 386 g/mol. The lowest BCUT2D eigenvalue weighted by Crippen LogP contribution is -2.32. The average Bonchev–Trinajstić information content (AvgIpc) is 3.21. The molecule has 0 aliphatic heterocycles. The summed E-state index contributed by atoms with van der Waals surface area (Å²) in [5, 5.41) is 8.42. The summed E-state index contributed by atoms with van der Waals surface area (Å²) in [7, 11) is 1.84. The Morgan fingerprint density at radius 3 is 2.69 bits per heavy atom. The zero-order chi connectivity index (χ0) is 20.0. The smallest absolute Gasteiger partial charge is 0.252 e. The summed E-state index contributed by atoms with van der Waals surface area (Å²) in [6, 6.07) is 15.9. The van der Waals surface area contributed by atoms with Gasteiger partial charge in [0.05, 0.1) is 22.9 Å². The molecule has 0 atom stereocenters. The number of carbonyl (C=O) groups is 1. The highest BCUT2D eigenvalue weighted by molar-refractivity contribution is 6.07. The molecule has 0 unspecified atom stereocenters. The van der Waals surface area contributed by atoms with Crippen LogP contribution in [0.1, 0.15) is 34.5 Å². The van der Waals surface area contributed by atoms with E-state index in [1.54, 1.807) is 17.0 Å². The molecule has 1 aliphatic carbocycles. The van der Waals surface area contributed by atoms with E-state index in [1.807, 2.05) is 32.2 Å². The molecular weight excluding hydrogens is 364 g/mol. The number of amides is 1. The van der Waals surface area contributed by atoms with Crippen molar-refractivity contribution >= 4 is 16.9 Å². The van der Waals surface area contributed by atoms with E-state index in [9.17, 15) is 4.79 Å². The largest absolute Gasteiger partial charge is 0.463 e. The molecule has 1 aromatic carbocycles. The molecule has 1 aliphatic rings. The third-order valence-corrected chi connectivity index (χ3v) is 5.81. The van der Waals surface area contributed by atoms with E-state index >= 15 is 0 Å². The molecular formula is C23H22N4O2. The fourth-order valence-corrected chi connectivity index (χ4v) is 4.03. The van der Waals surface area contributed by atoms with Crippen LogP contribution in [0.25, 0.3) is 22.5 Å². The summed E-state index contributed by atoms with van der Waals surface area (Å²) in [5.74, 6) is 0.520. The highest BCUT2D eigenvalue weighted by Crippen LogP contribution is 2.47. The quantitative estimate of drug-likeness (QED) is 0.563. The van der Waals surface area contributed by atoms with Gasteiger partial charge in [0.25, 0.3) is 5.91 Å². The molecule has 29 heavy (non-hydrogen) atoms. The number of benzene rings is 1. The number of nitrogens with zero attached hydrogens (tertiary/aromatic N) is 3. The Balaban J connectivity index is 1.50. The molecule has 4 aromatic rings. The Bertz CT molecular complexity index is 1190. The lowest BCUT2D eigenvalue weighted by atomic mass is 9.96. The van der Waals surface area contributed by atoms with Gasteiger partial charge in [-0.3, -0.25) is 9.48 Å². The Kier molecular flexibility index (Phi) is 4.01. The summed E-state index contributed by atoms with van der Waals surface area (Å²) in [5.41, 5.74) is 4.00. The Morgan fingerprint density at radius 2 is 2.00 bits per heavy atom. The van der Waals surface area contributed by atoms with Crippen LogP contribution in [0.5, 0.6) is 0 Å². The predicted molar refractivity (Wildman–Crippen MR) is 111 cm³/mol. The van der Waals surface area contributed by atoms with Crippen LogP contribution in [0.2, 0.25) is 0 Å². The second-order valence-corrected chi connectivity index (χ2v) is 7.77. The van der Waals surface area contributed by atoms with Crippen LogP contribution in [0.3, 0.4) is 0 Å². The van der Waals surface area contributed by atoms with E-state index in [0.29, 0.717) is 29.2 Å². The van der Waals surface area contributed by atoms with Gasteiger partial charge in [0, 0.05) is 19.0 Å². The molecule has 6 heteroatoms. The van der Waals surface area contributed by atoms with Crippen molar-refractivity contribution in [1.82, 2.24) is 20.1 Å². The van der Waals surface area contributed by atoms with Crippen molar-refractivity contribution in [2.75, 3.05) is 6.54 Å². The first-order valence-corrected chi connectivity index (χ1v) is 9.79. The van der Waals surface area contributed by atoms with Gasteiger partial charge in [-0.05, 0) is 43.5 Å². The second-order valence-electron chi connectivity index (χ2n) is 7.77. The van der Waals surface area contributed by atoms with E-state index in [4.69, 9.17) is 4.42 Å². The Morgan fingerprint density at radius 1 is 1.21 bits per heavy atom. The van der Waals surface area contributed by atoms with Crippen molar-refractivity contribution in [3.05, 3.63) is 71.6 Å². The number of carbonyl (C=O) groups excluding carboxylic acids is 1. The minimum atomic E-state index is -0.108. The maximum atomic E-state index is 13.2. The van der Waals surface area contributed by atoms with E-state index in [0.717, 1.165) is 23.9 Å². The number of fused-ring (bicyclic) bond motifs is 1. The van der Waals surface area contributed by atoms with Gasteiger partial charge in [0.15, 0.2) is 11.4 Å². The van der Waals surface area contributed by atoms with E-state index in [2.05, 4.69) is 39.7 Å². The molecule has 5 rings (SSSR count). The lowest BCUT2D eigenvalue weighted by Gasteiger charge is -2.17. The zero-order valence-corrected chi connectivity index (χ0v) is 16.5. The van der Waals surface area contributed by atoms with Gasteiger partial charge in [0.2, 0.25) is 0 Å². The zero-order valence-electron chi connectivity index (χ0n) is 16.5. The van der Waals surface area contributed by atoms with E-state index in [-0.39, 0.29) is 11.3 Å². The van der Waals surface area contributed by atoms with Crippen molar-refractivity contribution in [1.29, 1.82) is 0 Å². The van der Waals surface area contributed by atoms with Crippen LogP contribution in [0.4, 0.5) is 0 Å². The van der Waals surface area contributed by atoms with Crippen LogP contribution in [0.15, 0.2) is 59.2 Å². The normalized spacial score (nSPS) is 14.8. The molecule has 146 valence electrons. The molecule has 0 spiro atoms. The van der Waals surface area contributed by atoms with Gasteiger partial charge in [0.1, 0.15) is 5.69 Å². The molecule has 3 aromatic heterocycles. The Labute approximate surface area is 168 Å². The number of hydrogen-bond donors (Lipinski definition) is 1. The van der Waals surface area contributed by atoms with E-state index < -0.39 is 0 Å². The third kappa shape index (κ3) is 3.01. The van der Waals surface area contributed by atoms with Crippen molar-refractivity contribution in [2.24, 2.45) is 7.05 Å². The third-order valence-electron chi connectivity index (χ3n) is 5.81. The maximum absolute atomic E-state index is 13.2. The van der Waals surface area contributed by atoms with Gasteiger partial charge in [-0.15, -0.1) is 0 Å². The highest BCUT2D eigenvalue weighted by Gasteiger charge is 2.44. The molecule has 0 bridgehead atoms. The molecule has 6 nitrogen and oxygen atoms in total. The predicted octanol–water partition coefficient (Wildman–Crippen LogP) is 4.00. The molecule has 0 radical (unpaired) electrons. The van der Waals surface area contributed by atoms with Gasteiger partial charge < -0.3 is 9.73 Å². The summed E-state index contributed by atoms with van der Waals surface area (Å²) in [6.07, 6.45) is 3.78. The first-order chi connectivity index (χ1) is 14.1. The Hall–Kier alpha value is -3.41. The van der Waals surface area contributed by atoms with Crippen molar-refractivity contribution < 1.29 is 9.21 Å². The highest BCUT2D eigenvalue weighted by atomic mass is 16.3. The molecule has 1 N–H and O–H groups in total. The summed E-state index contributed by atoms with van der Waals surface area (Å²) in [6.45, 7) is 2.52. The fourth-order valence-electron chi connectivity index (χ4n) is 4.03. The fraction of sp³-hybridized carbons (Fsp3) is 0.261. The summed E-state index contributed by atoms with van der Waals surface area (Å²) in [4.78, 5) is 17.9. The first-order valence-electron chi connectivity index (χ1n) is 9.79. The van der Waals surface area contributed by atoms with Gasteiger partial charge in [-0.1, -0.05) is 30.3 Å². The van der Waals surface area contributed by atoms with Crippen LogP contribution < -0.4 is 5.32 Å². The minimum absolute atomic E-state index is 0.0525. The number of furan rings is 1. The lowest BCUT2D eigenvalue weighted by molar-refractivity contribution is 0.0951. The van der Waals surface area contributed by atoms with Crippen LogP contribution >= 0.6 is 0 Å². The second kappa shape index (κ2) is 6.58. The van der Waals surface area contributed by atoms with Gasteiger partial charge in [-0.2, -0.15) is 5.10 Å². The van der Waals surface area contributed by atoms with Crippen LogP contribution in [-0.4, -0.2) is 27.2 Å². The maximum Gasteiger partial charge on any atom is 0.252 e. The number of aromatic nitrogens is 3. The van der Waals surface area contributed by atoms with Gasteiger partial charge in [-0.25, -0.2) is 4.98 Å². The van der Waals surface area contributed by atoms with Crippen molar-refractivity contribution in [2.45, 2.75) is 25.2 Å². The number of aryl methyl sites for hydroxylation is 2. The number of hydrogen-bond acceptors (Lipinski definition) is 4. The topological polar surface area (TPSA) is 73.0 Å². The summed E-state index contributed by atoms with van der Waals surface area (Å²) >= 11 is 0. The minimum Gasteiger partial charge on any atom is -0.463 e. The number of nitrogens with one attached hydrogen (secondary N) is 1. The SMILES string of the molecule is Cc1nn(C)c2nc(-c3ccco3)cc(C(=O)NCC3(c4ccccc4)CC3)c12. The number of rotatable bonds is 5. The molecule has 0 saturated heterocycles. The van der Waals surface area contributed by atoms with E-state index in [1.165, 1.54) is 5.56 Å². The molecule has 1 saturated carbocycles. The van der Waals surface area contributed by atoms with Crippen molar-refractivity contribution in [3.8, 4) is 11.5 Å². The summed E-state index contributed by atoms with van der Waals surface area (Å²) < 4.78 is 7.22. The van der Waals surface area contributed by atoms with Crippen LogP contribution in [0, 0.1) is 6.92 Å². The standard InChI is InChI=1S/C23H22N4O2/c1-15-20-17(13-18(19-9-6-12-29-19)25-21(20)27(2)26-15)22(28)24-14-23(10-11-23)16-7-4-3-5-8-16/h3-9,12-13H,10-11,14H2,1-2H3,(H,24,28). The average molecular weight is 386 g/mol. The molecule has 3 heterocycles. The molecule has 1 fully saturated rings. The van der Waals surface area contributed by atoms with Crippen LogP contribution in [-0.2, 0) is 12.5 Å². The van der Waals surface area contributed by atoms with Crippen molar-refractivity contribution in [3.63, 3.8) is 0 Å². The molecule has 1 amide bonds. The number of pyridine rings is 1. The van der Waals surface area contributed by atoms with Gasteiger partial charge >= 0.3 is 0 Å².